The van der Waals surface area contributed by atoms with Gasteiger partial charge in [0.05, 0.1) is 10.5 Å². The van der Waals surface area contributed by atoms with E-state index < -0.39 is 24.6 Å². The highest BCUT2D eigenvalue weighted by Crippen LogP contribution is 2.23. The number of guanidine groups is 1. The van der Waals surface area contributed by atoms with Gasteiger partial charge in [-0.3, -0.25) is 9.98 Å². The molecule has 0 amide bonds. The molecule has 1 fully saturated rings. The maximum atomic E-state index is 12.1. The molecule has 154 valence electrons. The van der Waals surface area contributed by atoms with Crippen LogP contribution in [0.3, 0.4) is 0 Å². The molecule has 27 heavy (non-hydrogen) atoms. The largest absolute Gasteiger partial charge is 0.355 e. The van der Waals surface area contributed by atoms with E-state index in [0.29, 0.717) is 25.6 Å². The molecule has 1 aliphatic heterocycles. The molecule has 2 rings (SSSR count). The van der Waals surface area contributed by atoms with Crippen LogP contribution in [0.15, 0.2) is 34.4 Å². The molecule has 1 aromatic rings. The van der Waals surface area contributed by atoms with E-state index in [9.17, 15) is 16.8 Å². The Hall–Kier alpha value is -0.990. The van der Waals surface area contributed by atoms with Gasteiger partial charge in [-0.15, -0.1) is 24.0 Å². The Balaban J connectivity index is 0.00000364. The SMILES string of the molecule is CN=C(NCCNS(=O)(=O)c1cccnc1)N1CCS(=O)(=O)C(C)(C)C1.I. The van der Waals surface area contributed by atoms with Gasteiger partial charge in [0.1, 0.15) is 4.90 Å². The Morgan fingerprint density at radius 3 is 2.63 bits per heavy atom. The molecule has 2 heterocycles. The standard InChI is InChI=1S/C15H25N5O4S2.HI/c1-15(2)12-20(9-10-25(15,21)22)14(16-3)18-7-8-19-26(23,24)13-5-4-6-17-11-13;/h4-6,11,19H,7-10,12H2,1-3H3,(H,16,18);1H. The molecule has 0 aliphatic carbocycles. The molecule has 0 saturated carbocycles. The summed E-state index contributed by atoms with van der Waals surface area (Å²) in [6.45, 7) is 4.55. The van der Waals surface area contributed by atoms with Crippen LogP contribution >= 0.6 is 24.0 Å². The van der Waals surface area contributed by atoms with E-state index in [0.717, 1.165) is 0 Å². The third-order valence-electron chi connectivity index (χ3n) is 4.20. The lowest BCUT2D eigenvalue weighted by molar-refractivity contribution is 0.353. The highest BCUT2D eigenvalue weighted by Gasteiger charge is 2.40. The third-order valence-corrected chi connectivity index (χ3v) is 8.18. The summed E-state index contributed by atoms with van der Waals surface area (Å²) in [7, 11) is -5.13. The molecule has 1 aliphatic rings. The Kier molecular flexibility index (Phi) is 8.44. The van der Waals surface area contributed by atoms with Crippen molar-refractivity contribution in [3.8, 4) is 0 Å². The van der Waals surface area contributed by atoms with Crippen molar-refractivity contribution in [2.75, 3.05) is 39.0 Å². The van der Waals surface area contributed by atoms with Crippen LogP contribution in [0.2, 0.25) is 0 Å². The van der Waals surface area contributed by atoms with Crippen LogP contribution in [0.5, 0.6) is 0 Å². The monoisotopic (exact) mass is 531 g/mol. The van der Waals surface area contributed by atoms with Crippen LogP contribution < -0.4 is 10.0 Å². The lowest BCUT2D eigenvalue weighted by Gasteiger charge is -2.39. The predicted octanol–water partition coefficient (Wildman–Crippen LogP) is 0.0623. The molecule has 1 aromatic heterocycles. The Morgan fingerprint density at radius 2 is 2.07 bits per heavy atom. The van der Waals surface area contributed by atoms with Gasteiger partial charge in [-0.25, -0.2) is 21.6 Å². The summed E-state index contributed by atoms with van der Waals surface area (Å²) >= 11 is 0. The zero-order chi connectivity index (χ0) is 19.4. The summed E-state index contributed by atoms with van der Waals surface area (Å²) in [5.74, 6) is 0.613. The van der Waals surface area contributed by atoms with Crippen LogP contribution in [0.1, 0.15) is 13.8 Å². The van der Waals surface area contributed by atoms with Gasteiger partial charge in [-0.2, -0.15) is 0 Å². The molecule has 1 saturated heterocycles. The topological polar surface area (TPSA) is 121 Å². The lowest BCUT2D eigenvalue weighted by Crippen LogP contribution is -2.57. The molecule has 0 atom stereocenters. The normalized spacial score (nSPS) is 19.2. The van der Waals surface area contributed by atoms with Crippen molar-refractivity contribution in [2.24, 2.45) is 4.99 Å². The molecule has 0 spiro atoms. The molecule has 0 aromatic carbocycles. The Labute approximate surface area is 178 Å². The zero-order valence-corrected chi connectivity index (χ0v) is 19.5. The van der Waals surface area contributed by atoms with Gasteiger partial charge >= 0.3 is 0 Å². The van der Waals surface area contributed by atoms with Gasteiger partial charge in [0.2, 0.25) is 10.0 Å². The number of halogens is 1. The maximum absolute atomic E-state index is 12.1. The second kappa shape index (κ2) is 9.47. The number of nitrogens with one attached hydrogen (secondary N) is 2. The van der Waals surface area contributed by atoms with Crippen molar-refractivity contribution in [1.82, 2.24) is 19.9 Å². The highest BCUT2D eigenvalue weighted by molar-refractivity contribution is 14.0. The van der Waals surface area contributed by atoms with E-state index in [1.54, 1.807) is 27.0 Å². The summed E-state index contributed by atoms with van der Waals surface area (Å²) in [6.07, 6.45) is 2.79. The number of rotatable bonds is 5. The number of pyridine rings is 1. The maximum Gasteiger partial charge on any atom is 0.242 e. The van der Waals surface area contributed by atoms with Gasteiger partial charge in [0.15, 0.2) is 15.8 Å². The van der Waals surface area contributed by atoms with Crippen molar-refractivity contribution in [3.63, 3.8) is 0 Å². The number of aromatic nitrogens is 1. The molecule has 12 heteroatoms. The molecule has 2 N–H and O–H groups in total. The number of aliphatic imine (C=N–C) groups is 1. The van der Waals surface area contributed by atoms with E-state index in [2.05, 4.69) is 20.0 Å². The Bertz CT molecular complexity index is 857. The van der Waals surface area contributed by atoms with Gasteiger partial charge in [0.25, 0.3) is 0 Å². The molecule has 0 unspecified atom stereocenters. The predicted molar refractivity (Wildman–Crippen MR) is 116 cm³/mol. The van der Waals surface area contributed by atoms with Gasteiger partial charge in [-0.1, -0.05) is 0 Å². The van der Waals surface area contributed by atoms with E-state index >= 15 is 0 Å². The van der Waals surface area contributed by atoms with E-state index in [-0.39, 0.29) is 41.2 Å². The average Bonchev–Trinajstić information content (AvgIpc) is 2.58. The minimum absolute atomic E-state index is 0. The molecule has 0 radical (unpaired) electrons. The minimum Gasteiger partial charge on any atom is -0.355 e. The van der Waals surface area contributed by atoms with Gasteiger partial charge in [0, 0.05) is 45.6 Å². The fraction of sp³-hybridized carbons (Fsp3) is 0.600. The number of sulfone groups is 1. The van der Waals surface area contributed by atoms with E-state index in [1.165, 1.54) is 18.5 Å². The van der Waals surface area contributed by atoms with Crippen LogP contribution in [0.25, 0.3) is 0 Å². The minimum atomic E-state index is -3.61. The second-order valence-corrected chi connectivity index (χ2v) is 11.1. The fourth-order valence-electron chi connectivity index (χ4n) is 2.61. The van der Waals surface area contributed by atoms with E-state index in [4.69, 9.17) is 0 Å². The summed E-state index contributed by atoms with van der Waals surface area (Å²) in [6, 6.07) is 3.03. The fourth-order valence-corrected chi connectivity index (χ4v) is 4.97. The van der Waals surface area contributed by atoms with Crippen LogP contribution in [-0.4, -0.2) is 76.4 Å². The van der Waals surface area contributed by atoms with Crippen molar-refractivity contribution < 1.29 is 16.8 Å². The van der Waals surface area contributed by atoms with Crippen molar-refractivity contribution in [1.29, 1.82) is 0 Å². The Morgan fingerprint density at radius 1 is 1.37 bits per heavy atom. The highest BCUT2D eigenvalue weighted by atomic mass is 127. The first-order valence-corrected chi connectivity index (χ1v) is 11.3. The molecular weight excluding hydrogens is 505 g/mol. The average molecular weight is 531 g/mol. The summed E-state index contributed by atoms with van der Waals surface area (Å²) in [4.78, 5) is 9.94. The quantitative estimate of drug-likeness (QED) is 0.239. The zero-order valence-electron chi connectivity index (χ0n) is 15.5. The van der Waals surface area contributed by atoms with Crippen LogP contribution in [0.4, 0.5) is 0 Å². The molecule has 0 bridgehead atoms. The van der Waals surface area contributed by atoms with Gasteiger partial charge in [-0.05, 0) is 26.0 Å². The number of sulfonamides is 1. The first-order valence-electron chi connectivity index (χ1n) is 8.17. The lowest BCUT2D eigenvalue weighted by atomic mass is 10.2. The number of hydrogen-bond acceptors (Lipinski definition) is 6. The van der Waals surface area contributed by atoms with Crippen LogP contribution in [-0.2, 0) is 19.9 Å². The van der Waals surface area contributed by atoms with Crippen molar-refractivity contribution in [3.05, 3.63) is 24.5 Å². The third kappa shape index (κ3) is 5.99. The molecule has 9 nitrogen and oxygen atoms in total. The van der Waals surface area contributed by atoms with Crippen molar-refractivity contribution >= 4 is 49.8 Å². The van der Waals surface area contributed by atoms with Gasteiger partial charge < -0.3 is 10.2 Å². The summed E-state index contributed by atoms with van der Waals surface area (Å²) in [5, 5.41) is 3.07. The summed E-state index contributed by atoms with van der Waals surface area (Å²) in [5.41, 5.74) is 0. The summed E-state index contributed by atoms with van der Waals surface area (Å²) < 4.78 is 50.1. The molecular formula is C15H26IN5O4S2. The smallest absolute Gasteiger partial charge is 0.242 e. The number of nitrogens with zero attached hydrogens (tertiary/aromatic N) is 3. The number of hydrogen-bond donors (Lipinski definition) is 2. The van der Waals surface area contributed by atoms with Crippen LogP contribution in [0, 0.1) is 0 Å². The first kappa shape index (κ1) is 24.0. The van der Waals surface area contributed by atoms with E-state index in [1.807, 2.05) is 4.90 Å². The first-order chi connectivity index (χ1) is 12.1. The van der Waals surface area contributed by atoms with Crippen molar-refractivity contribution in [2.45, 2.75) is 23.5 Å². The second-order valence-electron chi connectivity index (χ2n) is 6.56.